The summed E-state index contributed by atoms with van der Waals surface area (Å²) in [6.45, 7) is 3.90. The summed E-state index contributed by atoms with van der Waals surface area (Å²) in [6.07, 6.45) is 3.22. The third-order valence-corrected chi connectivity index (χ3v) is 4.23. The second kappa shape index (κ2) is 7.36. The van der Waals surface area contributed by atoms with Crippen LogP contribution in [0.4, 0.5) is 17.1 Å². The molecule has 1 aromatic heterocycles. The zero-order valence-electron chi connectivity index (χ0n) is 14.0. The van der Waals surface area contributed by atoms with Crippen LogP contribution in [0.25, 0.3) is 0 Å². The molecule has 0 unspecified atom stereocenters. The van der Waals surface area contributed by atoms with Gasteiger partial charge in [-0.15, -0.1) is 0 Å². The Balaban J connectivity index is 1.78. The maximum absolute atomic E-state index is 12.5. The minimum absolute atomic E-state index is 0.231. The summed E-state index contributed by atoms with van der Waals surface area (Å²) in [5.41, 5.74) is 4.85. The summed E-state index contributed by atoms with van der Waals surface area (Å²) in [5, 5.41) is 6.75. The molecule has 0 bridgehead atoms. The fraction of sp³-hybridized carbons (Fsp3) is 0.100. The van der Waals surface area contributed by atoms with E-state index in [-0.39, 0.29) is 5.91 Å². The van der Waals surface area contributed by atoms with Crippen LogP contribution in [0, 0.1) is 13.8 Å². The number of aromatic nitrogens is 1. The lowest BCUT2D eigenvalue weighted by Gasteiger charge is -2.11. The summed E-state index contributed by atoms with van der Waals surface area (Å²) < 4.78 is 0. The van der Waals surface area contributed by atoms with Gasteiger partial charge >= 0.3 is 0 Å². The van der Waals surface area contributed by atoms with Crippen LogP contribution in [0.3, 0.4) is 0 Å². The van der Waals surface area contributed by atoms with Gasteiger partial charge in [0.15, 0.2) is 0 Å². The molecule has 0 fully saturated rings. The van der Waals surface area contributed by atoms with Crippen molar-refractivity contribution in [3.05, 3.63) is 82.6 Å². The first-order valence-corrected chi connectivity index (χ1v) is 8.26. The number of anilines is 3. The lowest BCUT2D eigenvalue weighted by atomic mass is 10.1. The zero-order chi connectivity index (χ0) is 17.8. The van der Waals surface area contributed by atoms with Gasteiger partial charge in [0.2, 0.25) is 0 Å². The fourth-order valence-electron chi connectivity index (χ4n) is 2.46. The smallest absolute Gasteiger partial charge is 0.257 e. The maximum Gasteiger partial charge on any atom is 0.257 e. The van der Waals surface area contributed by atoms with Crippen LogP contribution in [0.5, 0.6) is 0 Å². The second-order valence-corrected chi connectivity index (χ2v) is 6.23. The number of pyridine rings is 1. The first-order valence-electron chi connectivity index (χ1n) is 7.88. The average molecular weight is 352 g/mol. The number of benzene rings is 2. The Bertz CT molecular complexity index is 924. The van der Waals surface area contributed by atoms with Crippen molar-refractivity contribution in [1.29, 1.82) is 0 Å². The molecule has 0 spiro atoms. The quantitative estimate of drug-likeness (QED) is 0.666. The van der Waals surface area contributed by atoms with E-state index >= 15 is 0 Å². The van der Waals surface area contributed by atoms with Crippen LogP contribution in [-0.2, 0) is 0 Å². The van der Waals surface area contributed by atoms with Gasteiger partial charge in [0, 0.05) is 22.6 Å². The Hall–Kier alpha value is -2.85. The summed E-state index contributed by atoms with van der Waals surface area (Å²) >= 11 is 6.10. The largest absolute Gasteiger partial charge is 0.354 e. The predicted molar refractivity (Wildman–Crippen MR) is 103 cm³/mol. The molecule has 0 saturated carbocycles. The summed E-state index contributed by atoms with van der Waals surface area (Å²) in [5.74, 6) is -0.231. The van der Waals surface area contributed by atoms with E-state index in [9.17, 15) is 4.79 Å². The lowest BCUT2D eigenvalue weighted by Crippen LogP contribution is -2.13. The van der Waals surface area contributed by atoms with Gasteiger partial charge in [-0.1, -0.05) is 29.8 Å². The van der Waals surface area contributed by atoms with Gasteiger partial charge in [0.1, 0.15) is 0 Å². The molecule has 0 aliphatic carbocycles. The number of aryl methyl sites for hydroxylation is 1. The molecule has 0 aliphatic heterocycles. The van der Waals surface area contributed by atoms with Crippen molar-refractivity contribution in [2.45, 2.75) is 13.8 Å². The van der Waals surface area contributed by atoms with E-state index < -0.39 is 0 Å². The van der Waals surface area contributed by atoms with Crippen LogP contribution < -0.4 is 10.6 Å². The maximum atomic E-state index is 12.5. The molecular formula is C20H18ClN3O. The third-order valence-electron chi connectivity index (χ3n) is 3.82. The highest BCUT2D eigenvalue weighted by Gasteiger charge is 2.10. The van der Waals surface area contributed by atoms with E-state index in [0.717, 1.165) is 22.5 Å². The van der Waals surface area contributed by atoms with Gasteiger partial charge in [0.05, 0.1) is 17.4 Å². The van der Waals surface area contributed by atoms with Gasteiger partial charge < -0.3 is 10.6 Å². The highest BCUT2D eigenvalue weighted by atomic mass is 35.5. The van der Waals surface area contributed by atoms with Gasteiger partial charge in [-0.05, 0) is 55.3 Å². The molecule has 3 aromatic rings. The molecule has 2 N–H and O–H groups in total. The first kappa shape index (κ1) is 17.0. The Morgan fingerprint density at radius 3 is 2.60 bits per heavy atom. The molecule has 0 saturated heterocycles. The van der Waals surface area contributed by atoms with Crippen molar-refractivity contribution in [2.75, 3.05) is 10.6 Å². The summed E-state index contributed by atoms with van der Waals surface area (Å²) in [7, 11) is 0. The normalized spacial score (nSPS) is 10.4. The molecule has 0 aliphatic rings. The molecule has 1 heterocycles. The number of carbonyl (C=O) groups is 1. The van der Waals surface area contributed by atoms with Gasteiger partial charge in [-0.2, -0.15) is 0 Å². The van der Waals surface area contributed by atoms with E-state index in [1.807, 2.05) is 44.2 Å². The number of amides is 1. The predicted octanol–water partition coefficient (Wildman–Crippen LogP) is 5.35. The zero-order valence-corrected chi connectivity index (χ0v) is 14.8. The van der Waals surface area contributed by atoms with Crippen molar-refractivity contribution in [2.24, 2.45) is 0 Å². The molecule has 2 aromatic carbocycles. The second-order valence-electron chi connectivity index (χ2n) is 5.82. The van der Waals surface area contributed by atoms with Crippen LogP contribution in [0.15, 0.2) is 60.9 Å². The van der Waals surface area contributed by atoms with E-state index in [4.69, 9.17) is 11.6 Å². The molecular weight excluding hydrogens is 334 g/mol. The first-order chi connectivity index (χ1) is 12.0. The van der Waals surface area contributed by atoms with E-state index in [2.05, 4.69) is 15.6 Å². The highest BCUT2D eigenvalue weighted by Crippen LogP contribution is 2.24. The fourth-order valence-corrected chi connectivity index (χ4v) is 2.63. The molecule has 0 atom stereocenters. The van der Waals surface area contributed by atoms with Crippen molar-refractivity contribution in [3.63, 3.8) is 0 Å². The molecule has 126 valence electrons. The Kier molecular flexibility index (Phi) is 5.00. The number of nitrogens with zero attached hydrogens (tertiary/aromatic N) is 1. The number of rotatable bonds is 4. The number of halogens is 1. The minimum atomic E-state index is -0.231. The number of hydrogen-bond acceptors (Lipinski definition) is 3. The highest BCUT2D eigenvalue weighted by molar-refractivity contribution is 6.31. The van der Waals surface area contributed by atoms with Crippen LogP contribution in [-0.4, -0.2) is 10.9 Å². The van der Waals surface area contributed by atoms with Gasteiger partial charge in [0.25, 0.3) is 5.91 Å². The van der Waals surface area contributed by atoms with E-state index in [1.54, 1.807) is 24.4 Å². The number of carbonyl (C=O) groups excluding carboxylic acids is 1. The van der Waals surface area contributed by atoms with Crippen LogP contribution in [0.2, 0.25) is 5.02 Å². The molecule has 1 amide bonds. The number of nitrogens with one attached hydrogen (secondary N) is 2. The minimum Gasteiger partial charge on any atom is -0.354 e. The topological polar surface area (TPSA) is 54.0 Å². The van der Waals surface area contributed by atoms with Crippen molar-refractivity contribution >= 4 is 34.6 Å². The van der Waals surface area contributed by atoms with Crippen molar-refractivity contribution in [3.8, 4) is 0 Å². The van der Waals surface area contributed by atoms with Crippen LogP contribution in [0.1, 0.15) is 21.5 Å². The molecule has 5 heteroatoms. The summed E-state index contributed by atoms with van der Waals surface area (Å²) in [4.78, 5) is 16.7. The Morgan fingerprint density at radius 1 is 1.00 bits per heavy atom. The van der Waals surface area contributed by atoms with Crippen molar-refractivity contribution in [1.82, 2.24) is 4.98 Å². The molecule has 3 rings (SSSR count). The molecule has 25 heavy (non-hydrogen) atoms. The SMILES string of the molecule is Cc1cccc(Nc2cncc(C(=O)Nc3cccc(Cl)c3C)c2)c1. The van der Waals surface area contributed by atoms with Crippen molar-refractivity contribution < 1.29 is 4.79 Å². The lowest BCUT2D eigenvalue weighted by molar-refractivity contribution is 0.102. The standard InChI is InChI=1S/C20H18ClN3O/c1-13-5-3-6-16(9-13)23-17-10-15(11-22-12-17)20(25)24-19-8-4-7-18(21)14(19)2/h3-12,23H,1-2H3,(H,24,25). The Morgan fingerprint density at radius 2 is 1.80 bits per heavy atom. The van der Waals surface area contributed by atoms with E-state index in [0.29, 0.717) is 16.3 Å². The third kappa shape index (κ3) is 4.17. The van der Waals surface area contributed by atoms with Gasteiger partial charge in [-0.25, -0.2) is 0 Å². The van der Waals surface area contributed by atoms with Crippen LogP contribution >= 0.6 is 11.6 Å². The van der Waals surface area contributed by atoms with E-state index in [1.165, 1.54) is 6.20 Å². The molecule has 4 nitrogen and oxygen atoms in total. The molecule has 0 radical (unpaired) electrons. The number of hydrogen-bond donors (Lipinski definition) is 2. The monoisotopic (exact) mass is 351 g/mol. The van der Waals surface area contributed by atoms with Gasteiger partial charge in [-0.3, -0.25) is 9.78 Å². The summed E-state index contributed by atoms with van der Waals surface area (Å²) in [6, 6.07) is 15.2. The Labute approximate surface area is 151 Å². The average Bonchev–Trinajstić information content (AvgIpc) is 2.59.